The Balaban J connectivity index is 2.44. The van der Waals surface area contributed by atoms with Crippen molar-refractivity contribution in [1.29, 1.82) is 5.26 Å². The van der Waals surface area contributed by atoms with Crippen molar-refractivity contribution >= 4 is 21.7 Å². The van der Waals surface area contributed by atoms with E-state index in [4.69, 9.17) is 0 Å². The first-order valence-electron chi connectivity index (χ1n) is 5.75. The Morgan fingerprint density at radius 1 is 1.41 bits per heavy atom. The van der Waals surface area contributed by atoms with Gasteiger partial charge in [-0.05, 0) is 36.6 Å². The Hall–Kier alpha value is -1.14. The van der Waals surface area contributed by atoms with E-state index in [1.807, 2.05) is 32.0 Å². The maximum atomic E-state index is 12.0. The summed E-state index contributed by atoms with van der Waals surface area (Å²) in [5.41, 5.74) is 1.33. The lowest BCUT2D eigenvalue weighted by Gasteiger charge is -2.11. The number of rotatable bonds is 3. The Bertz CT molecular complexity index is 509. The molecule has 0 saturated heterocycles. The summed E-state index contributed by atoms with van der Waals surface area (Å²) >= 11 is 3.42. The molecule has 88 valence electrons. The Morgan fingerprint density at radius 2 is 2.06 bits per heavy atom. The van der Waals surface area contributed by atoms with E-state index in [-0.39, 0.29) is 17.1 Å². The second kappa shape index (κ2) is 4.27. The van der Waals surface area contributed by atoms with Gasteiger partial charge in [-0.15, -0.1) is 0 Å². The highest BCUT2D eigenvalue weighted by Gasteiger charge is 2.45. The van der Waals surface area contributed by atoms with Gasteiger partial charge in [0.25, 0.3) is 0 Å². The number of benzene rings is 1. The van der Waals surface area contributed by atoms with Crippen molar-refractivity contribution in [3.8, 4) is 6.07 Å². The average molecular weight is 292 g/mol. The average Bonchev–Trinajstić information content (AvgIpc) is 3.08. The molecule has 1 saturated carbocycles. The summed E-state index contributed by atoms with van der Waals surface area (Å²) in [6.45, 7) is 3.78. The van der Waals surface area contributed by atoms with Crippen LogP contribution in [-0.4, -0.2) is 5.78 Å². The standard InChI is InChI=1S/C14H14BrNO/c1-9(2)13(17)10-5-11(7-12(15)6-10)14(8-16)3-4-14/h5-7,9H,3-4H2,1-2H3. The second-order valence-corrected chi connectivity index (χ2v) is 5.86. The third kappa shape index (κ3) is 2.28. The van der Waals surface area contributed by atoms with Crippen molar-refractivity contribution in [3.63, 3.8) is 0 Å². The number of hydrogen-bond acceptors (Lipinski definition) is 2. The molecule has 0 aliphatic heterocycles. The van der Waals surface area contributed by atoms with Crippen LogP contribution in [0.15, 0.2) is 22.7 Å². The van der Waals surface area contributed by atoms with E-state index in [1.54, 1.807) is 0 Å². The summed E-state index contributed by atoms with van der Waals surface area (Å²) in [7, 11) is 0. The lowest BCUT2D eigenvalue weighted by molar-refractivity contribution is 0.0939. The molecular formula is C14H14BrNO. The molecule has 1 fully saturated rings. The Labute approximate surface area is 110 Å². The molecule has 1 aliphatic rings. The summed E-state index contributed by atoms with van der Waals surface area (Å²) in [5.74, 6) is 0.107. The fraction of sp³-hybridized carbons (Fsp3) is 0.429. The molecule has 0 aromatic heterocycles. The van der Waals surface area contributed by atoms with E-state index < -0.39 is 0 Å². The number of Topliss-reactive ketones (excluding diaryl/α,β-unsaturated/α-hetero) is 1. The van der Waals surface area contributed by atoms with Gasteiger partial charge >= 0.3 is 0 Å². The van der Waals surface area contributed by atoms with E-state index in [1.165, 1.54) is 0 Å². The van der Waals surface area contributed by atoms with Crippen LogP contribution in [0.1, 0.15) is 42.6 Å². The van der Waals surface area contributed by atoms with Gasteiger partial charge < -0.3 is 0 Å². The SMILES string of the molecule is CC(C)C(=O)c1cc(Br)cc(C2(C#N)CC2)c1. The van der Waals surface area contributed by atoms with Crippen LogP contribution < -0.4 is 0 Å². The molecule has 0 unspecified atom stereocenters. The smallest absolute Gasteiger partial charge is 0.165 e. The van der Waals surface area contributed by atoms with E-state index in [2.05, 4.69) is 22.0 Å². The fourth-order valence-electron chi connectivity index (χ4n) is 1.93. The second-order valence-electron chi connectivity index (χ2n) is 4.94. The van der Waals surface area contributed by atoms with Crippen LogP contribution in [-0.2, 0) is 5.41 Å². The van der Waals surface area contributed by atoms with Crippen LogP contribution in [0.5, 0.6) is 0 Å². The number of halogens is 1. The molecule has 2 nitrogen and oxygen atoms in total. The lowest BCUT2D eigenvalue weighted by atomic mass is 9.92. The van der Waals surface area contributed by atoms with Gasteiger partial charge in [-0.2, -0.15) is 5.26 Å². The van der Waals surface area contributed by atoms with Crippen LogP contribution in [0.2, 0.25) is 0 Å². The summed E-state index contributed by atoms with van der Waals surface area (Å²) < 4.78 is 0.875. The number of carbonyl (C=O) groups excluding carboxylic acids is 1. The highest BCUT2D eigenvalue weighted by Crippen LogP contribution is 2.48. The van der Waals surface area contributed by atoms with Gasteiger partial charge in [0, 0.05) is 16.0 Å². The van der Waals surface area contributed by atoms with Gasteiger partial charge in [0.2, 0.25) is 0 Å². The summed E-state index contributed by atoms with van der Waals surface area (Å²) in [4.78, 5) is 12.0. The first-order chi connectivity index (χ1) is 7.98. The lowest BCUT2D eigenvalue weighted by Crippen LogP contribution is -2.10. The number of hydrogen-bond donors (Lipinski definition) is 0. The minimum atomic E-state index is -0.338. The van der Waals surface area contributed by atoms with Gasteiger partial charge in [0.05, 0.1) is 11.5 Å². The van der Waals surface area contributed by atoms with E-state index in [9.17, 15) is 10.1 Å². The fourth-order valence-corrected chi connectivity index (χ4v) is 2.42. The first-order valence-corrected chi connectivity index (χ1v) is 6.54. The van der Waals surface area contributed by atoms with Gasteiger partial charge in [0.1, 0.15) is 0 Å². The topological polar surface area (TPSA) is 40.9 Å². The molecule has 0 radical (unpaired) electrons. The number of nitrogens with zero attached hydrogens (tertiary/aromatic N) is 1. The zero-order valence-electron chi connectivity index (χ0n) is 9.96. The van der Waals surface area contributed by atoms with Crippen molar-refractivity contribution in [2.75, 3.05) is 0 Å². The van der Waals surface area contributed by atoms with Crippen molar-refractivity contribution in [3.05, 3.63) is 33.8 Å². The Morgan fingerprint density at radius 3 is 2.53 bits per heavy atom. The molecule has 0 N–H and O–H groups in total. The van der Waals surface area contributed by atoms with Crippen LogP contribution in [0.25, 0.3) is 0 Å². The van der Waals surface area contributed by atoms with E-state index in [0.717, 1.165) is 22.9 Å². The normalized spacial score (nSPS) is 16.6. The molecule has 0 amide bonds. The minimum Gasteiger partial charge on any atom is -0.294 e. The summed E-state index contributed by atoms with van der Waals surface area (Å²) in [6.07, 6.45) is 1.80. The molecule has 1 aromatic carbocycles. The van der Waals surface area contributed by atoms with Crippen LogP contribution in [0.4, 0.5) is 0 Å². The van der Waals surface area contributed by atoms with Gasteiger partial charge in [-0.1, -0.05) is 29.8 Å². The molecular weight excluding hydrogens is 278 g/mol. The molecule has 3 heteroatoms. The van der Waals surface area contributed by atoms with Crippen molar-refractivity contribution in [2.45, 2.75) is 32.1 Å². The first kappa shape index (κ1) is 12.3. The maximum Gasteiger partial charge on any atom is 0.165 e. The number of carbonyl (C=O) groups is 1. The quantitative estimate of drug-likeness (QED) is 0.794. The molecule has 0 atom stereocenters. The molecule has 1 aliphatic carbocycles. The minimum absolute atomic E-state index is 0.0191. The van der Waals surface area contributed by atoms with Crippen molar-refractivity contribution in [2.24, 2.45) is 5.92 Å². The third-order valence-corrected chi connectivity index (χ3v) is 3.68. The molecule has 0 heterocycles. The monoisotopic (exact) mass is 291 g/mol. The van der Waals surface area contributed by atoms with Crippen LogP contribution in [0.3, 0.4) is 0 Å². The molecule has 17 heavy (non-hydrogen) atoms. The Kier molecular flexibility index (Phi) is 3.09. The molecule has 0 bridgehead atoms. The van der Waals surface area contributed by atoms with Crippen molar-refractivity contribution < 1.29 is 4.79 Å². The maximum absolute atomic E-state index is 12.0. The van der Waals surface area contributed by atoms with E-state index >= 15 is 0 Å². The molecule has 2 rings (SSSR count). The highest BCUT2D eigenvalue weighted by atomic mass is 79.9. The van der Waals surface area contributed by atoms with Gasteiger partial charge in [0.15, 0.2) is 5.78 Å². The van der Waals surface area contributed by atoms with E-state index in [0.29, 0.717) is 5.56 Å². The van der Waals surface area contributed by atoms with Gasteiger partial charge in [-0.3, -0.25) is 4.79 Å². The number of nitriles is 1. The highest BCUT2D eigenvalue weighted by molar-refractivity contribution is 9.10. The van der Waals surface area contributed by atoms with Gasteiger partial charge in [-0.25, -0.2) is 0 Å². The predicted octanol–water partition coefficient (Wildman–Crippen LogP) is 3.84. The zero-order chi connectivity index (χ0) is 12.6. The summed E-state index contributed by atoms with van der Waals surface area (Å²) in [5, 5.41) is 9.19. The van der Waals surface area contributed by atoms with Crippen molar-refractivity contribution in [1.82, 2.24) is 0 Å². The zero-order valence-corrected chi connectivity index (χ0v) is 11.5. The molecule has 0 spiro atoms. The largest absolute Gasteiger partial charge is 0.294 e. The van der Waals surface area contributed by atoms with Crippen LogP contribution >= 0.6 is 15.9 Å². The third-order valence-electron chi connectivity index (χ3n) is 3.22. The predicted molar refractivity (Wildman–Crippen MR) is 69.8 cm³/mol. The van der Waals surface area contributed by atoms with Crippen LogP contribution in [0, 0.1) is 17.2 Å². The number of ketones is 1. The molecule has 1 aromatic rings. The summed E-state index contributed by atoms with van der Waals surface area (Å²) in [6, 6.07) is 8.02.